The van der Waals surface area contributed by atoms with Crippen LogP contribution in [0.25, 0.3) is 0 Å². The molecule has 1 heterocycles. The summed E-state index contributed by atoms with van der Waals surface area (Å²) < 4.78 is 4.86. The highest BCUT2D eigenvalue weighted by Crippen LogP contribution is 2.12. The molecule has 0 aliphatic carbocycles. The quantitative estimate of drug-likeness (QED) is 0.881. The predicted molar refractivity (Wildman–Crippen MR) is 72.5 cm³/mol. The van der Waals surface area contributed by atoms with Crippen LogP contribution in [0.3, 0.4) is 0 Å². The van der Waals surface area contributed by atoms with E-state index in [9.17, 15) is 9.59 Å². The van der Waals surface area contributed by atoms with Crippen LogP contribution in [0.5, 0.6) is 0 Å². The van der Waals surface area contributed by atoms with Crippen LogP contribution >= 0.6 is 22.9 Å². The number of amides is 1. The number of halogens is 1. The van der Waals surface area contributed by atoms with Crippen molar-refractivity contribution in [1.82, 2.24) is 4.98 Å². The van der Waals surface area contributed by atoms with Gasteiger partial charge in [0.05, 0.1) is 5.56 Å². The number of nitrogens with one attached hydrogen (secondary N) is 1. The number of rotatable bonds is 4. The van der Waals surface area contributed by atoms with Crippen molar-refractivity contribution in [1.29, 1.82) is 0 Å². The summed E-state index contributed by atoms with van der Waals surface area (Å²) in [6.07, 6.45) is 1.57. The van der Waals surface area contributed by atoms with Crippen LogP contribution < -0.4 is 5.32 Å². The predicted octanol–water partition coefficient (Wildman–Crippen LogP) is 2.59. The number of thiazole rings is 1. The first-order valence-electron chi connectivity index (χ1n) is 5.27. The summed E-state index contributed by atoms with van der Waals surface area (Å²) in [6.45, 7) is -0.370. The molecular formula is C12H9ClN2O3S. The molecule has 0 aliphatic heterocycles. The normalized spacial score (nSPS) is 9.95. The maximum Gasteiger partial charge on any atom is 0.338 e. The first-order chi connectivity index (χ1) is 9.15. The molecule has 1 aromatic heterocycles. The number of aromatic nitrogens is 1. The van der Waals surface area contributed by atoms with Gasteiger partial charge >= 0.3 is 5.97 Å². The molecule has 2 rings (SSSR count). The van der Waals surface area contributed by atoms with Crippen molar-refractivity contribution in [3.05, 3.63) is 46.4 Å². The highest BCUT2D eigenvalue weighted by atomic mass is 35.5. The van der Waals surface area contributed by atoms with Crippen LogP contribution in [-0.2, 0) is 9.53 Å². The van der Waals surface area contributed by atoms with Crippen LogP contribution in [0.2, 0.25) is 5.02 Å². The first-order valence-corrected chi connectivity index (χ1v) is 6.53. The number of ether oxygens (including phenoxy) is 1. The summed E-state index contributed by atoms with van der Waals surface area (Å²) in [5.74, 6) is -1.04. The number of hydrogen-bond donors (Lipinski definition) is 1. The molecule has 0 bridgehead atoms. The van der Waals surface area contributed by atoms with Gasteiger partial charge in [-0.3, -0.25) is 10.1 Å². The Balaban J connectivity index is 1.85. The topological polar surface area (TPSA) is 68.3 Å². The highest BCUT2D eigenvalue weighted by Gasteiger charge is 2.11. The van der Waals surface area contributed by atoms with Crippen LogP contribution in [0.15, 0.2) is 35.8 Å². The molecule has 0 saturated carbocycles. The minimum Gasteiger partial charge on any atom is -0.452 e. The van der Waals surface area contributed by atoms with E-state index in [0.29, 0.717) is 15.7 Å². The van der Waals surface area contributed by atoms with Crippen molar-refractivity contribution in [2.75, 3.05) is 11.9 Å². The number of benzene rings is 1. The monoisotopic (exact) mass is 296 g/mol. The Labute approximate surface area is 118 Å². The second-order valence-electron chi connectivity index (χ2n) is 3.47. The van der Waals surface area contributed by atoms with Crippen LogP contribution in [0, 0.1) is 0 Å². The summed E-state index contributed by atoms with van der Waals surface area (Å²) in [5.41, 5.74) is 0.301. The van der Waals surface area contributed by atoms with Gasteiger partial charge in [0.15, 0.2) is 11.7 Å². The number of esters is 1. The van der Waals surface area contributed by atoms with E-state index in [4.69, 9.17) is 16.3 Å². The van der Waals surface area contributed by atoms with Crippen molar-refractivity contribution in [2.24, 2.45) is 0 Å². The second-order valence-corrected chi connectivity index (χ2v) is 4.80. The Bertz CT molecular complexity index is 586. The molecule has 0 spiro atoms. The van der Waals surface area contributed by atoms with Crippen molar-refractivity contribution in [3.8, 4) is 0 Å². The Morgan fingerprint density at radius 2 is 2.26 bits per heavy atom. The third kappa shape index (κ3) is 4.04. The molecule has 1 N–H and O–H groups in total. The molecule has 98 valence electrons. The van der Waals surface area contributed by atoms with E-state index < -0.39 is 11.9 Å². The molecule has 0 radical (unpaired) electrons. The van der Waals surface area contributed by atoms with Crippen molar-refractivity contribution >= 4 is 39.9 Å². The Hall–Kier alpha value is -1.92. The number of carbonyl (C=O) groups is 2. The summed E-state index contributed by atoms with van der Waals surface area (Å²) in [4.78, 5) is 27.0. The minimum absolute atomic E-state index is 0.301. The Kier molecular flexibility index (Phi) is 4.48. The van der Waals surface area contributed by atoms with Gasteiger partial charge in [-0.05, 0) is 18.2 Å². The van der Waals surface area contributed by atoms with Gasteiger partial charge in [-0.25, -0.2) is 9.78 Å². The lowest BCUT2D eigenvalue weighted by atomic mass is 10.2. The fraction of sp³-hybridized carbons (Fsp3) is 0.0833. The Morgan fingerprint density at radius 1 is 1.42 bits per heavy atom. The van der Waals surface area contributed by atoms with E-state index in [1.807, 2.05) is 0 Å². The third-order valence-electron chi connectivity index (χ3n) is 2.07. The van der Waals surface area contributed by atoms with Crippen molar-refractivity contribution in [2.45, 2.75) is 0 Å². The Morgan fingerprint density at radius 3 is 2.95 bits per heavy atom. The molecule has 0 saturated heterocycles. The number of nitrogens with zero attached hydrogens (tertiary/aromatic N) is 1. The molecule has 5 nitrogen and oxygen atoms in total. The molecule has 0 aliphatic rings. The van der Waals surface area contributed by atoms with E-state index in [1.54, 1.807) is 29.8 Å². The molecule has 1 amide bonds. The van der Waals surface area contributed by atoms with E-state index in [2.05, 4.69) is 10.3 Å². The van der Waals surface area contributed by atoms with E-state index >= 15 is 0 Å². The fourth-order valence-corrected chi connectivity index (χ4v) is 2.01. The zero-order valence-electron chi connectivity index (χ0n) is 9.63. The molecule has 19 heavy (non-hydrogen) atoms. The molecule has 0 atom stereocenters. The lowest BCUT2D eigenvalue weighted by Crippen LogP contribution is -2.20. The van der Waals surface area contributed by atoms with Crippen LogP contribution in [0.4, 0.5) is 5.13 Å². The molecule has 2 aromatic rings. The van der Waals surface area contributed by atoms with Gasteiger partial charge in [0.1, 0.15) is 0 Å². The zero-order valence-corrected chi connectivity index (χ0v) is 11.2. The van der Waals surface area contributed by atoms with E-state index in [-0.39, 0.29) is 6.61 Å². The maximum atomic E-state index is 11.6. The molecule has 7 heteroatoms. The molecular weight excluding hydrogens is 288 g/mol. The highest BCUT2D eigenvalue weighted by molar-refractivity contribution is 7.13. The molecule has 0 unspecified atom stereocenters. The molecule has 1 aromatic carbocycles. The van der Waals surface area contributed by atoms with E-state index in [1.165, 1.54) is 17.4 Å². The lowest BCUT2D eigenvalue weighted by molar-refractivity contribution is -0.119. The van der Waals surface area contributed by atoms with Gasteiger partial charge in [0, 0.05) is 16.6 Å². The van der Waals surface area contributed by atoms with Crippen LogP contribution in [-0.4, -0.2) is 23.5 Å². The van der Waals surface area contributed by atoms with E-state index in [0.717, 1.165) is 0 Å². The standard InChI is InChI=1S/C12H9ClN2O3S/c13-9-3-1-2-8(6-9)11(17)18-7-10(16)15-12-14-4-5-19-12/h1-6H,7H2,(H,14,15,16). The minimum atomic E-state index is -0.600. The molecule has 0 fully saturated rings. The summed E-state index contributed by atoms with van der Waals surface area (Å²) in [6, 6.07) is 6.32. The van der Waals surface area contributed by atoms with Crippen molar-refractivity contribution in [3.63, 3.8) is 0 Å². The third-order valence-corrected chi connectivity index (χ3v) is 3.00. The average Bonchev–Trinajstić information content (AvgIpc) is 2.88. The first kappa shape index (κ1) is 13.5. The SMILES string of the molecule is O=C(COC(=O)c1cccc(Cl)c1)Nc1nccs1. The van der Waals surface area contributed by atoms with Crippen molar-refractivity contribution < 1.29 is 14.3 Å². The zero-order chi connectivity index (χ0) is 13.7. The van der Waals surface area contributed by atoms with Gasteiger partial charge in [-0.2, -0.15) is 0 Å². The summed E-state index contributed by atoms with van der Waals surface area (Å²) in [5, 5.41) is 5.13. The fourth-order valence-electron chi connectivity index (χ4n) is 1.27. The van der Waals surface area contributed by atoms with Gasteiger partial charge in [0.2, 0.25) is 0 Å². The number of hydrogen-bond acceptors (Lipinski definition) is 5. The number of carbonyl (C=O) groups excluding carboxylic acids is 2. The smallest absolute Gasteiger partial charge is 0.338 e. The summed E-state index contributed by atoms with van der Waals surface area (Å²) in [7, 11) is 0. The average molecular weight is 297 g/mol. The largest absolute Gasteiger partial charge is 0.452 e. The van der Waals surface area contributed by atoms with Gasteiger partial charge < -0.3 is 4.74 Å². The van der Waals surface area contributed by atoms with Crippen LogP contribution in [0.1, 0.15) is 10.4 Å². The number of anilines is 1. The van der Waals surface area contributed by atoms with Gasteiger partial charge in [0.25, 0.3) is 5.91 Å². The van der Waals surface area contributed by atoms with Gasteiger partial charge in [-0.1, -0.05) is 17.7 Å². The second kappa shape index (κ2) is 6.31. The maximum absolute atomic E-state index is 11.6. The lowest BCUT2D eigenvalue weighted by Gasteiger charge is -2.04. The summed E-state index contributed by atoms with van der Waals surface area (Å²) >= 11 is 7.04. The van der Waals surface area contributed by atoms with Gasteiger partial charge in [-0.15, -0.1) is 11.3 Å².